The van der Waals surface area contributed by atoms with Gasteiger partial charge in [-0.1, -0.05) is 41.6 Å². The molecule has 0 heterocycles. The fraction of sp³-hybridized carbons (Fsp3) is 0.269. The summed E-state index contributed by atoms with van der Waals surface area (Å²) < 4.78 is 35.0. The second-order valence-electron chi connectivity index (χ2n) is 7.71. The molecule has 0 aliphatic heterocycles. The van der Waals surface area contributed by atoms with Gasteiger partial charge in [0.25, 0.3) is 0 Å². The molecule has 0 amide bonds. The highest BCUT2D eigenvalue weighted by molar-refractivity contribution is 7.90. The van der Waals surface area contributed by atoms with Crippen LogP contribution in [-0.4, -0.2) is 45.8 Å². The first kappa shape index (κ1) is 25.3. The Balaban J connectivity index is 1.54. The maximum absolute atomic E-state index is 11.7. The topological polar surface area (TPSA) is 94.4 Å². The summed E-state index contributed by atoms with van der Waals surface area (Å²) in [5.41, 5.74) is 3.42. The Kier molecular flexibility index (Phi) is 9.07. The summed E-state index contributed by atoms with van der Waals surface area (Å²) in [6.07, 6.45) is 2.77. The summed E-state index contributed by atoms with van der Waals surface area (Å²) in [5.74, 6) is 1.45. The second kappa shape index (κ2) is 12.2. The SMILES string of the molecule is CO/N=C(\COc1ccc(COc2ccc(CCCO)cc2)cc1)c1ccc(S(C)(=O)=O)cc1. The van der Waals surface area contributed by atoms with Crippen LogP contribution in [0.4, 0.5) is 0 Å². The van der Waals surface area contributed by atoms with Gasteiger partial charge < -0.3 is 19.4 Å². The number of nitrogens with zero attached hydrogens (tertiary/aromatic N) is 1. The number of aliphatic hydroxyl groups is 1. The fourth-order valence-corrected chi connectivity index (χ4v) is 3.83. The van der Waals surface area contributed by atoms with E-state index in [1.165, 1.54) is 31.1 Å². The molecule has 0 aliphatic carbocycles. The number of aryl methyl sites for hydroxylation is 1. The first-order valence-electron chi connectivity index (χ1n) is 10.8. The molecule has 0 unspecified atom stereocenters. The lowest BCUT2D eigenvalue weighted by molar-refractivity contribution is 0.210. The molecule has 3 aromatic rings. The van der Waals surface area contributed by atoms with E-state index in [4.69, 9.17) is 19.4 Å². The van der Waals surface area contributed by atoms with Gasteiger partial charge in [-0.2, -0.15) is 0 Å². The molecule has 0 bridgehead atoms. The molecule has 180 valence electrons. The van der Waals surface area contributed by atoms with Crippen LogP contribution < -0.4 is 9.47 Å². The third-order valence-electron chi connectivity index (χ3n) is 5.07. The Morgan fingerprint density at radius 1 is 0.853 bits per heavy atom. The number of hydrogen-bond donors (Lipinski definition) is 1. The molecule has 0 aromatic heterocycles. The molecule has 1 N–H and O–H groups in total. The lowest BCUT2D eigenvalue weighted by atomic mass is 10.1. The van der Waals surface area contributed by atoms with Crippen LogP contribution in [0.15, 0.2) is 82.8 Å². The van der Waals surface area contributed by atoms with Crippen LogP contribution in [0.2, 0.25) is 0 Å². The number of benzene rings is 3. The first-order valence-corrected chi connectivity index (χ1v) is 12.7. The Bertz CT molecular complexity index is 1170. The van der Waals surface area contributed by atoms with Gasteiger partial charge in [-0.05, 0) is 60.4 Å². The highest BCUT2D eigenvalue weighted by Crippen LogP contribution is 2.18. The van der Waals surface area contributed by atoms with Crippen molar-refractivity contribution in [1.29, 1.82) is 0 Å². The number of aliphatic hydroxyl groups excluding tert-OH is 1. The monoisotopic (exact) mass is 483 g/mol. The Hall–Kier alpha value is -3.36. The maximum atomic E-state index is 11.7. The van der Waals surface area contributed by atoms with Gasteiger partial charge in [0.2, 0.25) is 0 Å². The van der Waals surface area contributed by atoms with Crippen LogP contribution in [0, 0.1) is 0 Å². The maximum Gasteiger partial charge on any atom is 0.175 e. The molecule has 3 aromatic carbocycles. The highest BCUT2D eigenvalue weighted by Gasteiger charge is 2.10. The van der Waals surface area contributed by atoms with E-state index in [-0.39, 0.29) is 18.1 Å². The number of oxime groups is 1. The molecule has 0 atom stereocenters. The van der Waals surface area contributed by atoms with Gasteiger partial charge in [0, 0.05) is 18.4 Å². The summed E-state index contributed by atoms with van der Waals surface area (Å²) in [4.78, 5) is 5.17. The third kappa shape index (κ3) is 7.60. The van der Waals surface area contributed by atoms with Crippen molar-refractivity contribution in [3.8, 4) is 11.5 Å². The molecule has 7 nitrogen and oxygen atoms in total. The van der Waals surface area contributed by atoms with Crippen LogP contribution in [0.3, 0.4) is 0 Å². The zero-order valence-electron chi connectivity index (χ0n) is 19.3. The van der Waals surface area contributed by atoms with Crippen molar-refractivity contribution in [3.63, 3.8) is 0 Å². The van der Waals surface area contributed by atoms with Gasteiger partial charge in [0.05, 0.1) is 4.90 Å². The summed E-state index contributed by atoms with van der Waals surface area (Å²) in [6, 6.07) is 21.9. The number of ether oxygens (including phenoxy) is 2. The quantitative estimate of drug-likeness (QED) is 0.309. The summed E-state index contributed by atoms with van der Waals surface area (Å²) in [7, 11) is -1.82. The van der Waals surface area contributed by atoms with E-state index in [1.54, 1.807) is 12.1 Å². The molecular weight excluding hydrogens is 454 g/mol. The van der Waals surface area contributed by atoms with E-state index in [0.29, 0.717) is 23.6 Å². The Morgan fingerprint density at radius 2 is 1.44 bits per heavy atom. The first-order chi connectivity index (χ1) is 16.4. The molecule has 0 spiro atoms. The third-order valence-corrected chi connectivity index (χ3v) is 6.20. The van der Waals surface area contributed by atoms with Gasteiger partial charge in [-0.25, -0.2) is 8.42 Å². The van der Waals surface area contributed by atoms with Crippen molar-refractivity contribution in [2.45, 2.75) is 24.3 Å². The molecule has 3 rings (SSSR count). The number of rotatable bonds is 12. The summed E-state index contributed by atoms with van der Waals surface area (Å²) >= 11 is 0. The summed E-state index contributed by atoms with van der Waals surface area (Å²) in [5, 5.41) is 12.9. The van der Waals surface area contributed by atoms with Crippen LogP contribution in [0.1, 0.15) is 23.1 Å². The van der Waals surface area contributed by atoms with Crippen LogP contribution >= 0.6 is 0 Å². The fourth-order valence-electron chi connectivity index (χ4n) is 3.20. The average molecular weight is 484 g/mol. The lowest BCUT2D eigenvalue weighted by Gasteiger charge is -2.11. The molecule has 8 heteroatoms. The molecule has 0 radical (unpaired) electrons. The van der Waals surface area contributed by atoms with E-state index >= 15 is 0 Å². The number of hydrogen-bond acceptors (Lipinski definition) is 7. The van der Waals surface area contributed by atoms with Crippen LogP contribution in [-0.2, 0) is 27.7 Å². The van der Waals surface area contributed by atoms with Crippen molar-refractivity contribution in [1.82, 2.24) is 0 Å². The van der Waals surface area contributed by atoms with Gasteiger partial charge in [0.15, 0.2) is 9.84 Å². The predicted molar refractivity (Wildman–Crippen MR) is 131 cm³/mol. The molecule has 34 heavy (non-hydrogen) atoms. The van der Waals surface area contributed by atoms with Crippen LogP contribution in [0.25, 0.3) is 0 Å². The van der Waals surface area contributed by atoms with Crippen molar-refractivity contribution in [3.05, 3.63) is 89.5 Å². The van der Waals surface area contributed by atoms with Gasteiger partial charge >= 0.3 is 0 Å². The van der Waals surface area contributed by atoms with E-state index in [1.807, 2.05) is 48.5 Å². The van der Waals surface area contributed by atoms with Crippen molar-refractivity contribution < 1.29 is 27.8 Å². The molecule has 0 aliphatic rings. The molecule has 0 saturated heterocycles. The minimum atomic E-state index is -3.27. The summed E-state index contributed by atoms with van der Waals surface area (Å²) in [6.45, 7) is 0.779. The van der Waals surface area contributed by atoms with Crippen molar-refractivity contribution in [2.24, 2.45) is 5.16 Å². The predicted octanol–water partition coefficient (Wildman–Crippen LogP) is 4.02. The largest absolute Gasteiger partial charge is 0.489 e. The van der Waals surface area contributed by atoms with E-state index in [0.717, 1.165) is 24.2 Å². The standard InChI is InChI=1S/C26H29NO6S/c1-31-27-26(22-9-15-25(16-10-22)34(2,29)30)19-33-24-13-7-21(8-14-24)18-32-23-11-5-20(6-12-23)4-3-17-28/h5-16,28H,3-4,17-19H2,1-2H3/b27-26+. The van der Waals surface area contributed by atoms with Crippen molar-refractivity contribution in [2.75, 3.05) is 26.6 Å². The van der Waals surface area contributed by atoms with E-state index in [2.05, 4.69) is 5.16 Å². The van der Waals surface area contributed by atoms with E-state index < -0.39 is 9.84 Å². The van der Waals surface area contributed by atoms with E-state index in [9.17, 15) is 8.42 Å². The zero-order chi connectivity index (χ0) is 24.4. The smallest absolute Gasteiger partial charge is 0.175 e. The Labute approximate surface area is 200 Å². The molecule has 0 saturated carbocycles. The average Bonchev–Trinajstić information content (AvgIpc) is 2.85. The molecule has 0 fully saturated rings. The van der Waals surface area contributed by atoms with Gasteiger partial charge in [-0.15, -0.1) is 0 Å². The Morgan fingerprint density at radius 3 is 2.00 bits per heavy atom. The highest BCUT2D eigenvalue weighted by atomic mass is 32.2. The lowest BCUT2D eigenvalue weighted by Crippen LogP contribution is -2.14. The zero-order valence-corrected chi connectivity index (χ0v) is 20.1. The van der Waals surface area contributed by atoms with Gasteiger partial charge in [0.1, 0.15) is 37.5 Å². The normalized spacial score (nSPS) is 11.8. The second-order valence-corrected chi connectivity index (χ2v) is 9.73. The van der Waals surface area contributed by atoms with Gasteiger partial charge in [-0.3, -0.25) is 0 Å². The minimum absolute atomic E-state index is 0.157. The van der Waals surface area contributed by atoms with Crippen molar-refractivity contribution >= 4 is 15.5 Å². The number of sulfone groups is 1. The minimum Gasteiger partial charge on any atom is -0.489 e. The van der Waals surface area contributed by atoms with Crippen LogP contribution in [0.5, 0.6) is 11.5 Å². The molecular formula is C26H29NO6S.